The van der Waals surface area contributed by atoms with E-state index in [-0.39, 0.29) is 5.75 Å². The first kappa shape index (κ1) is 18.7. The molecule has 0 unspecified atom stereocenters. The monoisotopic (exact) mass is 355 g/mol. The summed E-state index contributed by atoms with van der Waals surface area (Å²) in [6, 6.07) is 13.5. The highest BCUT2D eigenvalue weighted by atomic mass is 16.5. The number of hydrogen-bond donors (Lipinski definition) is 3. The van der Waals surface area contributed by atoms with E-state index in [0.29, 0.717) is 11.3 Å². The van der Waals surface area contributed by atoms with Crippen LogP contribution in [0.3, 0.4) is 0 Å². The number of aryl methyl sites for hydroxylation is 1. The lowest BCUT2D eigenvalue weighted by Crippen LogP contribution is -2.32. The fourth-order valence-corrected chi connectivity index (χ4v) is 1.89. The van der Waals surface area contributed by atoms with Gasteiger partial charge in [-0.05, 0) is 31.2 Å². The highest BCUT2D eigenvalue weighted by Crippen LogP contribution is 2.15. The molecular weight excluding hydrogens is 338 g/mol. The summed E-state index contributed by atoms with van der Waals surface area (Å²) in [6.45, 7) is 1.40. The smallest absolute Gasteiger partial charge is 0.341 e. The van der Waals surface area contributed by atoms with Gasteiger partial charge < -0.3 is 15.2 Å². The molecular formula is C18H17N3O5. The number of ether oxygens (including phenoxy) is 1. The highest BCUT2D eigenvalue weighted by Gasteiger charge is 2.12. The van der Waals surface area contributed by atoms with Crippen LogP contribution in [0.15, 0.2) is 53.6 Å². The number of carboxylic acids is 1. The summed E-state index contributed by atoms with van der Waals surface area (Å²) in [4.78, 5) is 34.1. The van der Waals surface area contributed by atoms with Gasteiger partial charge in [-0.1, -0.05) is 29.8 Å². The number of carbonyl (C=O) groups excluding carboxylic acids is 2. The summed E-state index contributed by atoms with van der Waals surface area (Å²) in [5.74, 6) is -2.62. The number of carbonyl (C=O) groups is 3. The predicted molar refractivity (Wildman–Crippen MR) is 95.1 cm³/mol. The second-order valence-electron chi connectivity index (χ2n) is 5.24. The maximum Gasteiger partial charge on any atom is 0.341 e. The molecule has 2 rings (SSSR count). The van der Waals surface area contributed by atoms with Crippen LogP contribution >= 0.6 is 0 Å². The third kappa shape index (κ3) is 5.75. The normalized spacial score (nSPS) is 10.3. The van der Waals surface area contributed by atoms with Crippen molar-refractivity contribution in [3.63, 3.8) is 0 Å². The molecule has 0 spiro atoms. The van der Waals surface area contributed by atoms with Gasteiger partial charge in [0.2, 0.25) is 0 Å². The van der Waals surface area contributed by atoms with Gasteiger partial charge in [0, 0.05) is 11.3 Å². The number of anilines is 1. The van der Waals surface area contributed by atoms with Crippen LogP contribution in [0.25, 0.3) is 0 Å². The van der Waals surface area contributed by atoms with Crippen molar-refractivity contribution in [1.29, 1.82) is 0 Å². The first-order chi connectivity index (χ1) is 12.5. The molecule has 0 aliphatic heterocycles. The number of benzene rings is 2. The Bertz CT molecular complexity index is 831. The quantitative estimate of drug-likeness (QED) is 0.413. The second kappa shape index (κ2) is 8.97. The fraction of sp³-hybridized carbons (Fsp3) is 0.111. The maximum atomic E-state index is 11.8. The Labute approximate surface area is 149 Å². The second-order valence-corrected chi connectivity index (χ2v) is 5.24. The molecule has 0 heterocycles. The minimum absolute atomic E-state index is 0.289. The Balaban J connectivity index is 1.93. The zero-order valence-electron chi connectivity index (χ0n) is 13.9. The molecule has 0 bridgehead atoms. The number of rotatable bonds is 6. The number of amides is 2. The van der Waals surface area contributed by atoms with Gasteiger partial charge in [0.25, 0.3) is 0 Å². The van der Waals surface area contributed by atoms with Crippen LogP contribution in [0.5, 0.6) is 5.75 Å². The Hall–Kier alpha value is -3.68. The number of hydrazone groups is 1. The van der Waals surface area contributed by atoms with Crippen molar-refractivity contribution < 1.29 is 24.2 Å². The fourth-order valence-electron chi connectivity index (χ4n) is 1.89. The number of aliphatic carboxylic acids is 1. The van der Waals surface area contributed by atoms with E-state index in [4.69, 9.17) is 9.84 Å². The average Bonchev–Trinajstić information content (AvgIpc) is 2.62. The summed E-state index contributed by atoms with van der Waals surface area (Å²) in [7, 11) is 0. The van der Waals surface area contributed by atoms with Crippen molar-refractivity contribution in [3.05, 3.63) is 59.7 Å². The first-order valence-corrected chi connectivity index (χ1v) is 7.60. The van der Waals surface area contributed by atoms with Gasteiger partial charge in [-0.15, -0.1) is 0 Å². The number of carboxylic acid groups (broad SMARTS) is 1. The molecule has 0 aliphatic carbocycles. The molecule has 0 aromatic heterocycles. The number of hydrogen-bond acceptors (Lipinski definition) is 5. The van der Waals surface area contributed by atoms with Crippen molar-refractivity contribution in [2.75, 3.05) is 11.9 Å². The summed E-state index contributed by atoms with van der Waals surface area (Å²) < 4.78 is 5.11. The van der Waals surface area contributed by atoms with Crippen molar-refractivity contribution in [2.45, 2.75) is 6.92 Å². The minimum Gasteiger partial charge on any atom is -0.481 e. The zero-order valence-corrected chi connectivity index (χ0v) is 13.9. The molecule has 2 aromatic rings. The Morgan fingerprint density at radius 1 is 1.08 bits per heavy atom. The molecule has 8 nitrogen and oxygen atoms in total. The molecule has 26 heavy (non-hydrogen) atoms. The van der Waals surface area contributed by atoms with Crippen LogP contribution in [0.2, 0.25) is 0 Å². The van der Waals surface area contributed by atoms with Gasteiger partial charge in [0.1, 0.15) is 5.75 Å². The topological polar surface area (TPSA) is 117 Å². The third-order valence-electron chi connectivity index (χ3n) is 3.16. The standard InChI is InChI=1S/C18H17N3O5/c1-12-6-8-14(9-7-12)20-17(24)18(25)21-19-10-13-4-2-3-5-15(13)26-11-16(22)23/h2-10H,11H2,1H3,(H,20,24)(H,21,25)(H,22,23)/b19-10-. The lowest BCUT2D eigenvalue weighted by atomic mass is 10.2. The Morgan fingerprint density at radius 3 is 2.46 bits per heavy atom. The SMILES string of the molecule is Cc1ccc(NC(=O)C(=O)N/N=C\c2ccccc2OCC(=O)O)cc1. The van der Waals surface area contributed by atoms with E-state index in [2.05, 4.69) is 15.8 Å². The van der Waals surface area contributed by atoms with E-state index >= 15 is 0 Å². The van der Waals surface area contributed by atoms with Crippen LogP contribution < -0.4 is 15.5 Å². The van der Waals surface area contributed by atoms with Gasteiger partial charge >= 0.3 is 17.8 Å². The van der Waals surface area contributed by atoms with E-state index in [1.54, 1.807) is 48.5 Å². The molecule has 134 valence electrons. The van der Waals surface area contributed by atoms with Gasteiger partial charge in [0.15, 0.2) is 6.61 Å². The molecule has 0 fully saturated rings. The molecule has 0 aliphatic rings. The first-order valence-electron chi connectivity index (χ1n) is 7.60. The molecule has 2 aromatic carbocycles. The lowest BCUT2D eigenvalue weighted by molar-refractivity contribution is -0.139. The zero-order chi connectivity index (χ0) is 18.9. The van der Waals surface area contributed by atoms with E-state index in [0.717, 1.165) is 5.56 Å². The Kier molecular flexibility index (Phi) is 6.44. The number of nitrogens with one attached hydrogen (secondary N) is 2. The largest absolute Gasteiger partial charge is 0.481 e. The molecule has 0 saturated heterocycles. The van der Waals surface area contributed by atoms with Crippen LogP contribution in [-0.2, 0) is 14.4 Å². The van der Waals surface area contributed by atoms with Crippen LogP contribution in [0.1, 0.15) is 11.1 Å². The molecule has 2 amide bonds. The van der Waals surface area contributed by atoms with Crippen LogP contribution in [0, 0.1) is 6.92 Å². The van der Waals surface area contributed by atoms with E-state index < -0.39 is 24.4 Å². The molecule has 8 heteroatoms. The van der Waals surface area contributed by atoms with Crippen molar-refractivity contribution in [1.82, 2.24) is 5.43 Å². The summed E-state index contributed by atoms with van der Waals surface area (Å²) in [6.07, 6.45) is 1.26. The minimum atomic E-state index is -1.11. The van der Waals surface area contributed by atoms with Gasteiger partial charge in [0.05, 0.1) is 6.21 Å². The molecule has 3 N–H and O–H groups in total. The van der Waals surface area contributed by atoms with Crippen LogP contribution in [-0.4, -0.2) is 35.7 Å². The summed E-state index contributed by atoms with van der Waals surface area (Å²) in [5.41, 5.74) is 4.07. The van der Waals surface area contributed by atoms with E-state index in [1.165, 1.54) is 6.21 Å². The highest BCUT2D eigenvalue weighted by molar-refractivity contribution is 6.39. The molecule has 0 radical (unpaired) electrons. The van der Waals surface area contributed by atoms with Crippen molar-refractivity contribution >= 4 is 29.7 Å². The number of para-hydroxylation sites is 1. The average molecular weight is 355 g/mol. The van der Waals surface area contributed by atoms with Gasteiger partial charge in [-0.2, -0.15) is 5.10 Å². The van der Waals surface area contributed by atoms with Crippen molar-refractivity contribution in [2.24, 2.45) is 5.10 Å². The van der Waals surface area contributed by atoms with E-state index in [1.807, 2.05) is 6.92 Å². The van der Waals surface area contributed by atoms with Gasteiger partial charge in [-0.25, -0.2) is 10.2 Å². The van der Waals surface area contributed by atoms with Crippen molar-refractivity contribution in [3.8, 4) is 5.75 Å². The van der Waals surface area contributed by atoms with Crippen LogP contribution in [0.4, 0.5) is 5.69 Å². The maximum absolute atomic E-state index is 11.8. The Morgan fingerprint density at radius 2 is 1.77 bits per heavy atom. The predicted octanol–water partition coefficient (Wildman–Crippen LogP) is 1.55. The summed E-state index contributed by atoms with van der Waals surface area (Å²) >= 11 is 0. The number of nitrogens with zero attached hydrogens (tertiary/aromatic N) is 1. The molecule has 0 atom stereocenters. The third-order valence-corrected chi connectivity index (χ3v) is 3.16. The summed E-state index contributed by atoms with van der Waals surface area (Å²) in [5, 5.41) is 14.8. The molecule has 0 saturated carbocycles. The van der Waals surface area contributed by atoms with Gasteiger partial charge in [-0.3, -0.25) is 9.59 Å². The lowest BCUT2D eigenvalue weighted by Gasteiger charge is -2.06. The van der Waals surface area contributed by atoms with E-state index in [9.17, 15) is 14.4 Å².